The zero-order valence-corrected chi connectivity index (χ0v) is 16.9. The molecule has 4 aromatic rings. The average Bonchev–Trinajstić information content (AvgIpc) is 3.14. The average molecular weight is 406 g/mol. The van der Waals surface area contributed by atoms with Crippen molar-refractivity contribution in [2.24, 2.45) is 0 Å². The number of carbonyl (C=O) groups excluding carboxylic acids is 1. The van der Waals surface area contributed by atoms with Crippen LogP contribution in [0.5, 0.6) is 23.0 Å². The Bertz CT molecular complexity index is 1190. The molecule has 0 atom stereocenters. The van der Waals surface area contributed by atoms with Crippen LogP contribution in [-0.2, 0) is 4.79 Å². The first-order valence-corrected chi connectivity index (χ1v) is 9.36. The Kier molecular flexibility index (Phi) is 5.34. The highest BCUT2D eigenvalue weighted by atomic mass is 16.5. The summed E-state index contributed by atoms with van der Waals surface area (Å²) in [6, 6.07) is 17.2. The van der Waals surface area contributed by atoms with Crippen LogP contribution in [0.25, 0.3) is 21.8 Å². The van der Waals surface area contributed by atoms with E-state index in [1.807, 2.05) is 36.4 Å². The molecule has 0 aliphatic heterocycles. The Hall–Kier alpha value is -3.87. The van der Waals surface area contributed by atoms with E-state index >= 15 is 0 Å². The third-order valence-corrected chi connectivity index (χ3v) is 4.80. The molecule has 0 saturated carbocycles. The zero-order valence-electron chi connectivity index (χ0n) is 16.9. The minimum absolute atomic E-state index is 0.137. The molecule has 0 aliphatic rings. The standard InChI is InChI=1S/C23H22N2O5/c1-27-20-10-14(11-21(28-2)23(20)29-3)24-22(26)13-30-15-8-9-17-16-6-4-5-7-18(16)25-19(17)12-15/h4-12,25H,13H2,1-3H3,(H,24,26). The van der Waals surface area contributed by atoms with Crippen LogP contribution in [-0.4, -0.2) is 38.8 Å². The van der Waals surface area contributed by atoms with E-state index in [1.54, 1.807) is 12.1 Å². The van der Waals surface area contributed by atoms with Crippen molar-refractivity contribution in [1.29, 1.82) is 0 Å². The summed E-state index contributed by atoms with van der Waals surface area (Å²) in [5.74, 6) is 1.67. The smallest absolute Gasteiger partial charge is 0.262 e. The number of aromatic amines is 1. The van der Waals surface area contributed by atoms with Crippen LogP contribution in [0.15, 0.2) is 54.6 Å². The molecule has 4 rings (SSSR count). The fourth-order valence-corrected chi connectivity index (χ4v) is 3.42. The quantitative estimate of drug-likeness (QED) is 0.476. The van der Waals surface area contributed by atoms with Gasteiger partial charge in [-0.3, -0.25) is 4.79 Å². The molecule has 1 amide bonds. The number of amides is 1. The van der Waals surface area contributed by atoms with Gasteiger partial charge in [0.25, 0.3) is 5.91 Å². The van der Waals surface area contributed by atoms with E-state index in [4.69, 9.17) is 18.9 Å². The van der Waals surface area contributed by atoms with Crippen molar-refractivity contribution in [3.8, 4) is 23.0 Å². The van der Waals surface area contributed by atoms with Crippen LogP contribution in [0.2, 0.25) is 0 Å². The fourth-order valence-electron chi connectivity index (χ4n) is 3.42. The molecule has 0 radical (unpaired) electrons. The second-order valence-corrected chi connectivity index (χ2v) is 6.63. The first-order chi connectivity index (χ1) is 14.6. The molecule has 30 heavy (non-hydrogen) atoms. The first-order valence-electron chi connectivity index (χ1n) is 9.36. The molecule has 0 spiro atoms. The molecule has 0 saturated heterocycles. The Morgan fingerprint density at radius 3 is 2.27 bits per heavy atom. The lowest BCUT2D eigenvalue weighted by atomic mass is 10.1. The SMILES string of the molecule is COc1cc(NC(=O)COc2ccc3c(c2)[nH]c2ccccc23)cc(OC)c1OC. The van der Waals surface area contributed by atoms with E-state index in [1.165, 1.54) is 21.3 Å². The van der Waals surface area contributed by atoms with Gasteiger partial charge in [0.2, 0.25) is 5.75 Å². The molecule has 3 aromatic carbocycles. The monoisotopic (exact) mass is 406 g/mol. The highest BCUT2D eigenvalue weighted by molar-refractivity contribution is 6.07. The molecule has 7 heteroatoms. The number of fused-ring (bicyclic) bond motifs is 3. The topological polar surface area (TPSA) is 81.8 Å². The van der Waals surface area contributed by atoms with E-state index in [2.05, 4.69) is 16.4 Å². The summed E-state index contributed by atoms with van der Waals surface area (Å²) in [5.41, 5.74) is 2.53. The molecular weight excluding hydrogens is 384 g/mol. The number of methoxy groups -OCH3 is 3. The number of rotatable bonds is 7. The minimum Gasteiger partial charge on any atom is -0.493 e. The number of aromatic nitrogens is 1. The van der Waals surface area contributed by atoms with Crippen LogP contribution in [0.4, 0.5) is 5.69 Å². The summed E-state index contributed by atoms with van der Waals surface area (Å²) in [5, 5.41) is 5.05. The van der Waals surface area contributed by atoms with Gasteiger partial charge >= 0.3 is 0 Å². The van der Waals surface area contributed by atoms with Gasteiger partial charge in [-0.05, 0) is 18.2 Å². The third-order valence-electron chi connectivity index (χ3n) is 4.80. The summed E-state index contributed by atoms with van der Waals surface area (Å²) in [7, 11) is 4.56. The molecule has 1 aromatic heterocycles. The largest absolute Gasteiger partial charge is 0.493 e. The van der Waals surface area contributed by atoms with E-state index < -0.39 is 0 Å². The van der Waals surface area contributed by atoms with Crippen molar-refractivity contribution < 1.29 is 23.7 Å². The molecule has 154 valence electrons. The van der Waals surface area contributed by atoms with Crippen molar-refractivity contribution in [3.63, 3.8) is 0 Å². The fraction of sp³-hybridized carbons (Fsp3) is 0.174. The molecule has 0 unspecified atom stereocenters. The predicted octanol–water partition coefficient (Wildman–Crippen LogP) is 4.36. The van der Waals surface area contributed by atoms with Crippen LogP contribution < -0.4 is 24.3 Å². The number of anilines is 1. The number of ether oxygens (including phenoxy) is 4. The Balaban J connectivity index is 1.46. The number of nitrogens with one attached hydrogen (secondary N) is 2. The van der Waals surface area contributed by atoms with Gasteiger partial charge in [-0.15, -0.1) is 0 Å². The van der Waals surface area contributed by atoms with Crippen molar-refractivity contribution in [2.45, 2.75) is 0 Å². The number of H-pyrrole nitrogens is 1. The molecular formula is C23H22N2O5. The van der Waals surface area contributed by atoms with E-state index in [0.717, 1.165) is 21.8 Å². The Morgan fingerprint density at radius 1 is 0.867 bits per heavy atom. The highest BCUT2D eigenvalue weighted by Gasteiger charge is 2.15. The predicted molar refractivity (Wildman–Crippen MR) is 116 cm³/mol. The van der Waals surface area contributed by atoms with Crippen molar-refractivity contribution in [1.82, 2.24) is 4.98 Å². The Labute approximate surface area is 173 Å². The van der Waals surface area contributed by atoms with Crippen molar-refractivity contribution in [3.05, 3.63) is 54.6 Å². The van der Waals surface area contributed by atoms with Gasteiger partial charge in [-0.2, -0.15) is 0 Å². The second kappa shape index (κ2) is 8.24. The van der Waals surface area contributed by atoms with Gasteiger partial charge < -0.3 is 29.2 Å². The lowest BCUT2D eigenvalue weighted by Crippen LogP contribution is -2.20. The van der Waals surface area contributed by atoms with Gasteiger partial charge in [0.1, 0.15) is 5.75 Å². The summed E-state index contributed by atoms with van der Waals surface area (Å²) in [6.45, 7) is -0.137. The summed E-state index contributed by atoms with van der Waals surface area (Å²) in [4.78, 5) is 15.7. The van der Waals surface area contributed by atoms with Crippen molar-refractivity contribution >= 4 is 33.4 Å². The maximum atomic E-state index is 12.4. The maximum Gasteiger partial charge on any atom is 0.262 e. The van der Waals surface area contributed by atoms with E-state index in [-0.39, 0.29) is 12.5 Å². The van der Waals surface area contributed by atoms with E-state index in [9.17, 15) is 4.79 Å². The van der Waals surface area contributed by atoms with Crippen LogP contribution in [0.3, 0.4) is 0 Å². The number of hydrogen-bond donors (Lipinski definition) is 2. The van der Waals surface area contributed by atoms with E-state index in [0.29, 0.717) is 28.7 Å². The van der Waals surface area contributed by atoms with Gasteiger partial charge in [-0.25, -0.2) is 0 Å². The zero-order chi connectivity index (χ0) is 21.1. The summed E-state index contributed by atoms with van der Waals surface area (Å²) < 4.78 is 21.6. The summed E-state index contributed by atoms with van der Waals surface area (Å²) in [6.07, 6.45) is 0. The normalized spacial score (nSPS) is 10.8. The highest BCUT2D eigenvalue weighted by Crippen LogP contribution is 2.39. The van der Waals surface area contributed by atoms with Crippen LogP contribution in [0.1, 0.15) is 0 Å². The molecule has 0 aliphatic carbocycles. The molecule has 2 N–H and O–H groups in total. The first kappa shape index (κ1) is 19.4. The maximum absolute atomic E-state index is 12.4. The number of benzene rings is 3. The molecule has 7 nitrogen and oxygen atoms in total. The second-order valence-electron chi connectivity index (χ2n) is 6.63. The number of para-hydroxylation sites is 1. The van der Waals surface area contributed by atoms with Crippen molar-refractivity contribution in [2.75, 3.05) is 33.3 Å². The lowest BCUT2D eigenvalue weighted by molar-refractivity contribution is -0.118. The van der Waals surface area contributed by atoms with Gasteiger partial charge in [-0.1, -0.05) is 18.2 Å². The molecule has 0 fully saturated rings. The van der Waals surface area contributed by atoms with Crippen LogP contribution >= 0.6 is 0 Å². The number of carbonyl (C=O) groups is 1. The number of hydrogen-bond acceptors (Lipinski definition) is 5. The minimum atomic E-state index is -0.305. The van der Waals surface area contributed by atoms with Gasteiger partial charge in [0, 0.05) is 40.2 Å². The molecule has 0 bridgehead atoms. The molecule has 1 heterocycles. The summed E-state index contributed by atoms with van der Waals surface area (Å²) >= 11 is 0. The van der Waals surface area contributed by atoms with Gasteiger partial charge in [0.15, 0.2) is 18.1 Å². The van der Waals surface area contributed by atoms with Crippen LogP contribution in [0, 0.1) is 0 Å². The Morgan fingerprint density at radius 2 is 1.57 bits per heavy atom. The van der Waals surface area contributed by atoms with Gasteiger partial charge in [0.05, 0.1) is 26.8 Å². The lowest BCUT2D eigenvalue weighted by Gasteiger charge is -2.14. The third kappa shape index (κ3) is 3.69.